The molecule has 0 unspecified atom stereocenters. The van der Waals surface area contributed by atoms with Crippen LogP contribution in [0.5, 0.6) is 0 Å². The van der Waals surface area contributed by atoms with Crippen molar-refractivity contribution >= 4 is 47.3 Å². The van der Waals surface area contributed by atoms with E-state index in [4.69, 9.17) is 5.11 Å². The van der Waals surface area contributed by atoms with Gasteiger partial charge in [-0.15, -0.1) is 11.8 Å². The molecule has 0 atom stereocenters. The van der Waals surface area contributed by atoms with E-state index in [2.05, 4.69) is 0 Å². The number of carboxylic acids is 1. The Balaban J connectivity index is 0.00000121. The van der Waals surface area contributed by atoms with Crippen LogP contribution >= 0.6 is 11.8 Å². The molecule has 1 aromatic carbocycles. The van der Waals surface area contributed by atoms with Crippen LogP contribution in [-0.4, -0.2) is 46.4 Å². The first-order valence-corrected chi connectivity index (χ1v) is 4.17. The van der Waals surface area contributed by atoms with Gasteiger partial charge in [-0.25, -0.2) is 0 Å². The van der Waals surface area contributed by atoms with Gasteiger partial charge in [0.1, 0.15) is 0 Å². The predicted molar refractivity (Wildman–Crippen MR) is 52.0 cm³/mol. The van der Waals surface area contributed by atoms with Gasteiger partial charge in [0, 0.05) is 4.90 Å². The molecule has 0 fully saturated rings. The molecule has 0 amide bonds. The van der Waals surface area contributed by atoms with Crippen LogP contribution in [0.15, 0.2) is 35.2 Å². The Kier molecular flexibility index (Phi) is 6.57. The van der Waals surface area contributed by atoms with E-state index in [0.717, 1.165) is 4.90 Å². The van der Waals surface area contributed by atoms with Crippen LogP contribution in [0.4, 0.5) is 0 Å². The molecular formula is C8H9NaO2S. The third-order valence-electron chi connectivity index (χ3n) is 1.11. The van der Waals surface area contributed by atoms with Gasteiger partial charge in [-0.05, 0) is 12.1 Å². The molecule has 0 radical (unpaired) electrons. The Morgan fingerprint density at radius 1 is 1.33 bits per heavy atom. The molecule has 1 N–H and O–H groups in total. The molecule has 0 spiro atoms. The molecule has 0 heterocycles. The number of hydrogen-bond donors (Lipinski definition) is 1. The second kappa shape index (κ2) is 6.54. The third-order valence-corrected chi connectivity index (χ3v) is 2.10. The van der Waals surface area contributed by atoms with Gasteiger partial charge in [0.2, 0.25) is 0 Å². The summed E-state index contributed by atoms with van der Waals surface area (Å²) >= 11 is 1.33. The molecule has 0 aromatic heterocycles. The van der Waals surface area contributed by atoms with Crippen molar-refractivity contribution in [3.05, 3.63) is 30.3 Å². The Bertz CT molecular complexity index is 238. The van der Waals surface area contributed by atoms with Crippen LogP contribution in [0.1, 0.15) is 0 Å². The van der Waals surface area contributed by atoms with Crippen molar-refractivity contribution in [3.63, 3.8) is 0 Å². The molecule has 0 saturated carbocycles. The van der Waals surface area contributed by atoms with Gasteiger partial charge in [-0.2, -0.15) is 0 Å². The number of aliphatic carboxylic acids is 1. The summed E-state index contributed by atoms with van der Waals surface area (Å²) < 4.78 is 0. The summed E-state index contributed by atoms with van der Waals surface area (Å²) in [5, 5.41) is 8.35. The van der Waals surface area contributed by atoms with Gasteiger partial charge in [0.05, 0.1) is 5.75 Å². The Labute approximate surface area is 97.7 Å². The molecule has 60 valence electrons. The van der Waals surface area contributed by atoms with E-state index in [9.17, 15) is 4.79 Å². The Morgan fingerprint density at radius 3 is 2.42 bits per heavy atom. The second-order valence-corrected chi connectivity index (χ2v) is 3.04. The monoisotopic (exact) mass is 192 g/mol. The van der Waals surface area contributed by atoms with Crippen LogP contribution < -0.4 is 0 Å². The minimum absolute atomic E-state index is 0. The average molecular weight is 192 g/mol. The molecular weight excluding hydrogens is 183 g/mol. The molecule has 0 bridgehead atoms. The standard InChI is InChI=1S/C8H8O2S.Na.H/c9-8(10)6-11-7-4-2-1-3-5-7;;/h1-5H,6H2,(H,9,10);;. The van der Waals surface area contributed by atoms with Gasteiger partial charge in [-0.1, -0.05) is 18.2 Å². The molecule has 0 saturated heterocycles. The fourth-order valence-electron chi connectivity index (χ4n) is 0.662. The number of thioether (sulfide) groups is 1. The van der Waals surface area contributed by atoms with E-state index >= 15 is 0 Å². The van der Waals surface area contributed by atoms with Crippen LogP contribution in [-0.2, 0) is 4.79 Å². The van der Waals surface area contributed by atoms with Gasteiger partial charge in [0.15, 0.2) is 0 Å². The van der Waals surface area contributed by atoms with E-state index < -0.39 is 5.97 Å². The molecule has 0 aliphatic rings. The van der Waals surface area contributed by atoms with Crippen molar-refractivity contribution in [1.29, 1.82) is 0 Å². The van der Waals surface area contributed by atoms with E-state index in [0.29, 0.717) is 0 Å². The third kappa shape index (κ3) is 4.83. The minimum atomic E-state index is -0.779. The normalized spacial score (nSPS) is 8.67. The topological polar surface area (TPSA) is 37.3 Å². The first kappa shape index (κ1) is 12.0. The molecule has 1 rings (SSSR count). The average Bonchev–Trinajstić information content (AvgIpc) is 2.03. The summed E-state index contributed by atoms with van der Waals surface area (Å²) in [5.41, 5.74) is 0. The van der Waals surface area contributed by atoms with E-state index in [-0.39, 0.29) is 35.3 Å². The molecule has 12 heavy (non-hydrogen) atoms. The summed E-state index contributed by atoms with van der Waals surface area (Å²) in [4.78, 5) is 11.1. The van der Waals surface area contributed by atoms with Crippen molar-refractivity contribution in [3.8, 4) is 0 Å². The SMILES string of the molecule is O=C(O)CSc1ccccc1.[NaH]. The van der Waals surface area contributed by atoms with Crippen LogP contribution in [0, 0.1) is 0 Å². The molecule has 2 nitrogen and oxygen atoms in total. The summed E-state index contributed by atoms with van der Waals surface area (Å²) in [6.45, 7) is 0. The van der Waals surface area contributed by atoms with Crippen LogP contribution in [0.25, 0.3) is 0 Å². The van der Waals surface area contributed by atoms with Crippen molar-refractivity contribution in [1.82, 2.24) is 0 Å². The first-order valence-electron chi connectivity index (χ1n) is 3.18. The van der Waals surface area contributed by atoms with E-state index in [1.54, 1.807) is 0 Å². The summed E-state index contributed by atoms with van der Waals surface area (Å²) in [5.74, 6) is -0.650. The first-order chi connectivity index (χ1) is 5.29. The molecule has 0 aliphatic heterocycles. The van der Waals surface area contributed by atoms with Crippen molar-refractivity contribution in [2.45, 2.75) is 4.90 Å². The van der Waals surface area contributed by atoms with Crippen LogP contribution in [0.3, 0.4) is 0 Å². The quantitative estimate of drug-likeness (QED) is 0.578. The fraction of sp³-hybridized carbons (Fsp3) is 0.125. The Hall–Kier alpha value is 0.0400. The van der Waals surface area contributed by atoms with Crippen molar-refractivity contribution in [2.24, 2.45) is 0 Å². The maximum atomic E-state index is 10.2. The van der Waals surface area contributed by atoms with Crippen molar-refractivity contribution in [2.75, 3.05) is 5.75 Å². The van der Waals surface area contributed by atoms with Gasteiger partial charge in [-0.3, -0.25) is 4.79 Å². The Morgan fingerprint density at radius 2 is 1.92 bits per heavy atom. The predicted octanol–water partition coefficient (Wildman–Crippen LogP) is 1.21. The number of carboxylic acid groups (broad SMARTS) is 1. The summed E-state index contributed by atoms with van der Waals surface area (Å²) in [6, 6.07) is 9.49. The van der Waals surface area contributed by atoms with E-state index in [1.807, 2.05) is 30.3 Å². The van der Waals surface area contributed by atoms with Gasteiger partial charge >= 0.3 is 35.5 Å². The van der Waals surface area contributed by atoms with Crippen LogP contribution in [0.2, 0.25) is 0 Å². The number of carbonyl (C=O) groups is 1. The zero-order valence-corrected chi connectivity index (χ0v) is 6.67. The molecule has 4 heteroatoms. The van der Waals surface area contributed by atoms with Crippen molar-refractivity contribution < 1.29 is 9.90 Å². The van der Waals surface area contributed by atoms with Gasteiger partial charge in [0.25, 0.3) is 0 Å². The summed E-state index contributed by atoms with van der Waals surface area (Å²) in [7, 11) is 0. The molecule has 0 aliphatic carbocycles. The number of hydrogen-bond acceptors (Lipinski definition) is 2. The number of rotatable bonds is 3. The number of benzene rings is 1. The maximum absolute atomic E-state index is 10.2. The van der Waals surface area contributed by atoms with Gasteiger partial charge < -0.3 is 5.11 Å². The van der Waals surface area contributed by atoms with E-state index in [1.165, 1.54) is 11.8 Å². The summed E-state index contributed by atoms with van der Waals surface area (Å²) in [6.07, 6.45) is 0. The zero-order valence-electron chi connectivity index (χ0n) is 5.86. The zero-order chi connectivity index (χ0) is 8.10. The second-order valence-electron chi connectivity index (χ2n) is 2.00. The fourth-order valence-corrected chi connectivity index (χ4v) is 1.30. The molecule has 1 aromatic rings.